The average molecular weight is 372 g/mol. The van der Waals surface area contributed by atoms with Gasteiger partial charge in [0.15, 0.2) is 0 Å². The third kappa shape index (κ3) is 11.4. The Morgan fingerprint density at radius 3 is 2.12 bits per heavy atom. The van der Waals surface area contributed by atoms with Crippen LogP contribution < -0.4 is 4.74 Å². The SMILES string of the molecule is CCCCCCCCCCCc1ccccc1OC(C)OP(=O)(O)O. The summed E-state index contributed by atoms with van der Waals surface area (Å²) in [6.45, 7) is 3.72. The number of hydrogen-bond acceptors (Lipinski definition) is 3. The summed E-state index contributed by atoms with van der Waals surface area (Å²) in [6.07, 6.45) is 11.4. The number of para-hydroxylation sites is 1. The standard InChI is InChI=1S/C19H33O5P/c1-3-4-5-6-7-8-9-10-11-14-18-15-12-13-16-19(18)23-17(2)24-25(20,21)22/h12-13,15-17H,3-11,14H2,1-2H3,(H2,20,21,22). The zero-order valence-electron chi connectivity index (χ0n) is 15.5. The Hall–Kier alpha value is -0.870. The molecule has 5 nitrogen and oxygen atoms in total. The lowest BCUT2D eigenvalue weighted by Crippen LogP contribution is -2.15. The van der Waals surface area contributed by atoms with Gasteiger partial charge in [-0.3, -0.25) is 0 Å². The highest BCUT2D eigenvalue weighted by molar-refractivity contribution is 7.46. The highest BCUT2D eigenvalue weighted by atomic mass is 31.2. The third-order valence-corrected chi connectivity index (χ3v) is 4.67. The Morgan fingerprint density at radius 2 is 1.52 bits per heavy atom. The van der Waals surface area contributed by atoms with Crippen LogP contribution in [0.25, 0.3) is 0 Å². The number of phosphoric acid groups is 1. The van der Waals surface area contributed by atoms with E-state index >= 15 is 0 Å². The zero-order chi connectivity index (χ0) is 18.5. The van der Waals surface area contributed by atoms with Gasteiger partial charge in [0, 0.05) is 0 Å². The largest absolute Gasteiger partial charge is 0.472 e. The second kappa shape index (κ2) is 12.5. The molecule has 0 heterocycles. The van der Waals surface area contributed by atoms with Gasteiger partial charge in [0.1, 0.15) is 5.75 Å². The summed E-state index contributed by atoms with van der Waals surface area (Å²) < 4.78 is 20.9. The maximum atomic E-state index is 10.9. The van der Waals surface area contributed by atoms with Crippen LogP contribution in [-0.2, 0) is 15.5 Å². The molecule has 2 N–H and O–H groups in total. The van der Waals surface area contributed by atoms with Gasteiger partial charge in [-0.05, 0) is 31.4 Å². The predicted octanol–water partition coefficient (Wildman–Crippen LogP) is 5.59. The van der Waals surface area contributed by atoms with E-state index in [2.05, 4.69) is 11.4 Å². The molecule has 0 saturated heterocycles. The Kier molecular flexibility index (Phi) is 11.1. The molecule has 25 heavy (non-hydrogen) atoms. The van der Waals surface area contributed by atoms with Gasteiger partial charge < -0.3 is 14.5 Å². The molecule has 0 amide bonds. The lowest BCUT2D eigenvalue weighted by molar-refractivity contribution is -0.00148. The van der Waals surface area contributed by atoms with Gasteiger partial charge in [0.25, 0.3) is 0 Å². The molecule has 0 bridgehead atoms. The first-order valence-electron chi connectivity index (χ1n) is 9.41. The summed E-state index contributed by atoms with van der Waals surface area (Å²) in [4.78, 5) is 17.7. The summed E-state index contributed by atoms with van der Waals surface area (Å²) in [5, 5.41) is 0. The summed E-state index contributed by atoms with van der Waals surface area (Å²) in [6, 6.07) is 7.59. The van der Waals surface area contributed by atoms with Gasteiger partial charge in [0.2, 0.25) is 6.29 Å². The van der Waals surface area contributed by atoms with Crippen LogP contribution in [0.4, 0.5) is 0 Å². The van der Waals surface area contributed by atoms with Gasteiger partial charge in [-0.2, -0.15) is 0 Å². The Bertz CT molecular complexity index is 514. The first-order chi connectivity index (χ1) is 11.9. The summed E-state index contributed by atoms with van der Waals surface area (Å²) in [5.74, 6) is 0.628. The normalized spacial score (nSPS) is 13.0. The van der Waals surface area contributed by atoms with Gasteiger partial charge >= 0.3 is 7.82 Å². The lowest BCUT2D eigenvalue weighted by Gasteiger charge is -2.18. The number of ether oxygens (including phenoxy) is 1. The fourth-order valence-electron chi connectivity index (χ4n) is 2.85. The van der Waals surface area contributed by atoms with Gasteiger partial charge in [0.05, 0.1) is 0 Å². The minimum absolute atomic E-state index is 0.628. The van der Waals surface area contributed by atoms with Crippen LogP contribution in [0.15, 0.2) is 24.3 Å². The van der Waals surface area contributed by atoms with Crippen LogP contribution in [-0.4, -0.2) is 16.1 Å². The van der Waals surface area contributed by atoms with Gasteiger partial charge in [-0.1, -0.05) is 76.5 Å². The minimum Gasteiger partial charge on any atom is -0.464 e. The molecule has 1 atom stereocenters. The summed E-state index contributed by atoms with van der Waals surface area (Å²) in [7, 11) is -4.54. The van der Waals surface area contributed by atoms with Crippen molar-refractivity contribution in [3.8, 4) is 5.75 Å². The molecule has 0 saturated carbocycles. The first kappa shape index (κ1) is 22.2. The molecular weight excluding hydrogens is 339 g/mol. The molecule has 144 valence electrons. The molecule has 0 aliphatic heterocycles. The van der Waals surface area contributed by atoms with E-state index in [1.165, 1.54) is 58.3 Å². The van der Waals surface area contributed by atoms with Crippen molar-refractivity contribution >= 4 is 7.82 Å². The van der Waals surface area contributed by atoms with Crippen molar-refractivity contribution in [1.82, 2.24) is 0 Å². The van der Waals surface area contributed by atoms with Crippen molar-refractivity contribution in [3.63, 3.8) is 0 Å². The maximum absolute atomic E-state index is 10.9. The number of hydrogen-bond donors (Lipinski definition) is 2. The van der Waals surface area contributed by atoms with Gasteiger partial charge in [-0.25, -0.2) is 9.09 Å². The molecule has 1 unspecified atom stereocenters. The van der Waals surface area contributed by atoms with E-state index in [0.29, 0.717) is 5.75 Å². The first-order valence-corrected chi connectivity index (χ1v) is 10.9. The average Bonchev–Trinajstić information content (AvgIpc) is 2.53. The molecule has 0 radical (unpaired) electrons. The number of phosphoric ester groups is 1. The molecule has 0 spiro atoms. The van der Waals surface area contributed by atoms with Crippen molar-refractivity contribution in [2.24, 2.45) is 0 Å². The van der Waals surface area contributed by atoms with E-state index < -0.39 is 14.1 Å². The number of unbranched alkanes of at least 4 members (excludes halogenated alkanes) is 8. The summed E-state index contributed by atoms with van der Waals surface area (Å²) in [5.41, 5.74) is 1.05. The van der Waals surface area contributed by atoms with Gasteiger partial charge in [-0.15, -0.1) is 0 Å². The van der Waals surface area contributed by atoms with Crippen LogP contribution in [0, 0.1) is 0 Å². The molecule has 1 rings (SSSR count). The lowest BCUT2D eigenvalue weighted by atomic mass is 10.0. The van der Waals surface area contributed by atoms with E-state index in [0.717, 1.165) is 18.4 Å². The van der Waals surface area contributed by atoms with Crippen molar-refractivity contribution in [1.29, 1.82) is 0 Å². The molecule has 1 aromatic rings. The third-order valence-electron chi connectivity index (χ3n) is 4.10. The highest BCUT2D eigenvalue weighted by Crippen LogP contribution is 2.38. The predicted molar refractivity (Wildman–Crippen MR) is 101 cm³/mol. The van der Waals surface area contributed by atoms with Crippen LogP contribution in [0.5, 0.6) is 5.75 Å². The van der Waals surface area contributed by atoms with Crippen LogP contribution >= 0.6 is 7.82 Å². The van der Waals surface area contributed by atoms with Crippen molar-refractivity contribution in [3.05, 3.63) is 29.8 Å². The van der Waals surface area contributed by atoms with Crippen LogP contribution in [0.2, 0.25) is 0 Å². The fourth-order valence-corrected chi connectivity index (χ4v) is 3.27. The summed E-state index contributed by atoms with van der Waals surface area (Å²) >= 11 is 0. The fraction of sp³-hybridized carbons (Fsp3) is 0.684. The molecular formula is C19H33O5P. The number of rotatable bonds is 14. The Morgan fingerprint density at radius 1 is 0.960 bits per heavy atom. The zero-order valence-corrected chi connectivity index (χ0v) is 16.4. The molecule has 0 fully saturated rings. The minimum atomic E-state index is -4.54. The quantitative estimate of drug-likeness (QED) is 0.253. The Balaban J connectivity index is 2.29. The second-order valence-corrected chi connectivity index (χ2v) is 7.66. The second-order valence-electron chi connectivity index (χ2n) is 6.47. The Labute approximate surface area is 152 Å². The smallest absolute Gasteiger partial charge is 0.464 e. The molecule has 0 aliphatic rings. The van der Waals surface area contributed by atoms with E-state index in [9.17, 15) is 4.57 Å². The van der Waals surface area contributed by atoms with E-state index in [4.69, 9.17) is 14.5 Å². The molecule has 0 aliphatic carbocycles. The van der Waals surface area contributed by atoms with Crippen molar-refractivity contribution in [2.75, 3.05) is 0 Å². The van der Waals surface area contributed by atoms with Crippen LogP contribution in [0.3, 0.4) is 0 Å². The molecule has 1 aromatic carbocycles. The highest BCUT2D eigenvalue weighted by Gasteiger charge is 2.20. The molecule has 6 heteroatoms. The molecule has 0 aromatic heterocycles. The van der Waals surface area contributed by atoms with Crippen molar-refractivity contribution in [2.45, 2.75) is 84.3 Å². The topological polar surface area (TPSA) is 76.0 Å². The monoisotopic (exact) mass is 372 g/mol. The number of benzene rings is 1. The van der Waals surface area contributed by atoms with E-state index in [1.807, 2.05) is 24.3 Å². The maximum Gasteiger partial charge on any atom is 0.472 e. The number of aryl methyl sites for hydroxylation is 1. The van der Waals surface area contributed by atoms with E-state index in [1.54, 1.807) is 0 Å². The van der Waals surface area contributed by atoms with Crippen LogP contribution in [0.1, 0.15) is 77.2 Å². The van der Waals surface area contributed by atoms with E-state index in [-0.39, 0.29) is 0 Å². The van der Waals surface area contributed by atoms with Crippen molar-refractivity contribution < 1.29 is 23.6 Å².